The maximum absolute atomic E-state index is 10.7. The first kappa shape index (κ1) is 9.40. The fourth-order valence-corrected chi connectivity index (χ4v) is 1.36. The third-order valence-electron chi connectivity index (χ3n) is 2.16. The molecule has 0 saturated carbocycles. The molecule has 0 unspecified atom stereocenters. The average molecular weight is 197 g/mol. The second kappa shape index (κ2) is 3.92. The van der Waals surface area contributed by atoms with E-state index >= 15 is 0 Å². The number of carbonyl (C=O) groups is 1. The highest BCUT2D eigenvalue weighted by Crippen LogP contribution is 2.18. The molecule has 0 atom stereocenters. The van der Waals surface area contributed by atoms with Crippen LogP contribution in [-0.2, 0) is 0 Å². The molecule has 1 aromatic heterocycles. The summed E-state index contributed by atoms with van der Waals surface area (Å²) in [4.78, 5) is 14.7. The van der Waals surface area contributed by atoms with Crippen molar-refractivity contribution >= 4 is 5.91 Å². The summed E-state index contributed by atoms with van der Waals surface area (Å²) in [6, 6.07) is 10.8. The van der Waals surface area contributed by atoms with Crippen molar-refractivity contribution in [2.45, 2.75) is 0 Å². The second-order valence-electron chi connectivity index (χ2n) is 3.14. The van der Waals surface area contributed by atoms with Crippen molar-refractivity contribution in [2.24, 2.45) is 0 Å². The molecule has 0 bridgehead atoms. The third-order valence-corrected chi connectivity index (χ3v) is 2.16. The van der Waals surface area contributed by atoms with Gasteiger partial charge in [0.1, 0.15) is 0 Å². The number of hydrogen-bond donors (Lipinski definition) is 0. The molecule has 1 N–H and O–H groups in total. The largest absolute Gasteiger partial charge is 0.269 e. The van der Waals surface area contributed by atoms with Gasteiger partial charge in [-0.1, -0.05) is 12.1 Å². The van der Waals surface area contributed by atoms with E-state index in [0.29, 0.717) is 5.56 Å². The first-order valence-corrected chi connectivity index (χ1v) is 4.54. The van der Waals surface area contributed by atoms with Crippen LogP contribution < -0.4 is 5.73 Å². The Morgan fingerprint density at radius 1 is 0.933 bits per heavy atom. The van der Waals surface area contributed by atoms with Crippen molar-refractivity contribution in [2.75, 3.05) is 0 Å². The summed E-state index contributed by atoms with van der Waals surface area (Å²) in [5.41, 5.74) is 9.42. The Bertz CT molecular complexity index is 463. The minimum absolute atomic E-state index is 0.410. The zero-order valence-corrected chi connectivity index (χ0v) is 7.97. The molecule has 15 heavy (non-hydrogen) atoms. The molecule has 0 saturated heterocycles. The quantitative estimate of drug-likeness (QED) is 0.740. The molecule has 0 aliphatic rings. The van der Waals surface area contributed by atoms with Crippen LogP contribution >= 0.6 is 0 Å². The zero-order valence-electron chi connectivity index (χ0n) is 7.97. The standard InChI is InChI=1S/C12H9N2O/c13-12(15)11-3-1-9(2-4-11)10-5-7-14-8-6-10/h1-8,13H. The Kier molecular flexibility index (Phi) is 2.46. The number of benzene rings is 1. The fraction of sp³-hybridized carbons (Fsp3) is 0. The second-order valence-corrected chi connectivity index (χ2v) is 3.14. The molecule has 1 amide bonds. The Morgan fingerprint density at radius 3 is 2.00 bits per heavy atom. The molecule has 0 aliphatic heterocycles. The van der Waals surface area contributed by atoms with Gasteiger partial charge in [-0.25, -0.2) is 0 Å². The molecular formula is C12H9N2O. The third kappa shape index (κ3) is 2.02. The summed E-state index contributed by atoms with van der Waals surface area (Å²) in [5.74, 6) is -0.656. The summed E-state index contributed by atoms with van der Waals surface area (Å²) in [6.07, 6.45) is 3.44. The maximum Gasteiger partial charge on any atom is 0.269 e. The van der Waals surface area contributed by atoms with Crippen molar-refractivity contribution in [3.63, 3.8) is 0 Å². The lowest BCUT2D eigenvalue weighted by molar-refractivity contribution is 0.0992. The van der Waals surface area contributed by atoms with E-state index in [2.05, 4.69) is 4.98 Å². The van der Waals surface area contributed by atoms with Gasteiger partial charge in [0.25, 0.3) is 5.91 Å². The summed E-state index contributed by atoms with van der Waals surface area (Å²) in [6.45, 7) is 0. The molecule has 2 rings (SSSR count). The molecule has 0 spiro atoms. The Morgan fingerprint density at radius 2 is 1.47 bits per heavy atom. The van der Waals surface area contributed by atoms with Crippen LogP contribution in [-0.4, -0.2) is 10.9 Å². The van der Waals surface area contributed by atoms with Crippen molar-refractivity contribution in [1.29, 1.82) is 0 Å². The molecule has 73 valence electrons. The molecule has 3 heteroatoms. The topological polar surface area (TPSA) is 53.8 Å². The molecule has 3 nitrogen and oxygen atoms in total. The molecule has 1 heterocycles. The predicted molar refractivity (Wildman–Crippen MR) is 57.1 cm³/mol. The van der Waals surface area contributed by atoms with Gasteiger partial charge in [0.2, 0.25) is 0 Å². The smallest absolute Gasteiger partial charge is 0.267 e. The summed E-state index contributed by atoms with van der Waals surface area (Å²) < 4.78 is 0. The number of amides is 1. The van der Waals surface area contributed by atoms with Crippen LogP contribution in [0.15, 0.2) is 48.8 Å². The highest BCUT2D eigenvalue weighted by Gasteiger charge is 2.01. The van der Waals surface area contributed by atoms with Gasteiger partial charge in [0.15, 0.2) is 0 Å². The van der Waals surface area contributed by atoms with E-state index < -0.39 is 5.91 Å². The Balaban J connectivity index is 2.36. The molecule has 0 fully saturated rings. The van der Waals surface area contributed by atoms with E-state index in [1.54, 1.807) is 24.5 Å². The number of aromatic nitrogens is 1. The van der Waals surface area contributed by atoms with Gasteiger partial charge >= 0.3 is 0 Å². The number of carbonyl (C=O) groups excluding carboxylic acids is 1. The van der Waals surface area contributed by atoms with Gasteiger partial charge < -0.3 is 0 Å². The Hall–Kier alpha value is -2.16. The normalized spacial score (nSPS) is 9.87. The van der Waals surface area contributed by atoms with Crippen LogP contribution in [0.2, 0.25) is 0 Å². The lowest BCUT2D eigenvalue weighted by Crippen LogP contribution is -1.97. The van der Waals surface area contributed by atoms with Crippen LogP contribution in [0, 0.1) is 0 Å². The zero-order chi connectivity index (χ0) is 10.7. The SMILES string of the molecule is [NH]C(=O)c1ccc(-c2ccncc2)cc1. The first-order valence-electron chi connectivity index (χ1n) is 4.54. The van der Waals surface area contributed by atoms with Gasteiger partial charge in [0, 0.05) is 18.0 Å². The predicted octanol–water partition coefficient (Wildman–Crippen LogP) is 2.17. The fourth-order valence-electron chi connectivity index (χ4n) is 1.36. The van der Waals surface area contributed by atoms with Crippen LogP contribution in [0.3, 0.4) is 0 Å². The summed E-state index contributed by atoms with van der Waals surface area (Å²) in [7, 11) is 0. The number of hydrogen-bond acceptors (Lipinski definition) is 2. The van der Waals surface area contributed by atoms with Gasteiger partial charge in [-0.2, -0.15) is 0 Å². The number of nitrogens with one attached hydrogen (secondary N) is 1. The summed E-state index contributed by atoms with van der Waals surface area (Å²) in [5, 5.41) is 0. The van der Waals surface area contributed by atoms with E-state index in [-0.39, 0.29) is 0 Å². The maximum atomic E-state index is 10.7. The minimum Gasteiger partial charge on any atom is -0.267 e. The lowest BCUT2D eigenvalue weighted by Gasteiger charge is -2.01. The molecule has 1 radical (unpaired) electrons. The highest BCUT2D eigenvalue weighted by atomic mass is 16.1. The van der Waals surface area contributed by atoms with Crippen LogP contribution in [0.5, 0.6) is 0 Å². The average Bonchev–Trinajstić information content (AvgIpc) is 2.30. The van der Waals surface area contributed by atoms with Gasteiger partial charge in [-0.05, 0) is 35.4 Å². The number of nitrogens with zero attached hydrogens (tertiary/aromatic N) is 1. The number of pyridine rings is 1. The van der Waals surface area contributed by atoms with Gasteiger partial charge in [0.05, 0.1) is 0 Å². The van der Waals surface area contributed by atoms with Gasteiger partial charge in [-0.3, -0.25) is 15.5 Å². The molecule has 2 aromatic rings. The summed E-state index contributed by atoms with van der Waals surface area (Å²) >= 11 is 0. The van der Waals surface area contributed by atoms with E-state index in [0.717, 1.165) is 11.1 Å². The minimum atomic E-state index is -0.656. The van der Waals surface area contributed by atoms with Gasteiger partial charge in [-0.15, -0.1) is 0 Å². The van der Waals surface area contributed by atoms with E-state index in [4.69, 9.17) is 5.73 Å². The van der Waals surface area contributed by atoms with Crippen LogP contribution in [0.4, 0.5) is 0 Å². The van der Waals surface area contributed by atoms with Crippen molar-refractivity contribution in [3.05, 3.63) is 54.4 Å². The Labute approximate surface area is 87.6 Å². The van der Waals surface area contributed by atoms with E-state index in [1.807, 2.05) is 24.3 Å². The van der Waals surface area contributed by atoms with E-state index in [9.17, 15) is 4.79 Å². The van der Waals surface area contributed by atoms with Crippen molar-refractivity contribution < 1.29 is 4.79 Å². The van der Waals surface area contributed by atoms with Crippen LogP contribution in [0.25, 0.3) is 11.1 Å². The number of rotatable bonds is 2. The highest BCUT2D eigenvalue weighted by molar-refractivity contribution is 5.92. The van der Waals surface area contributed by atoms with Crippen LogP contribution in [0.1, 0.15) is 10.4 Å². The van der Waals surface area contributed by atoms with Crippen molar-refractivity contribution in [3.8, 4) is 11.1 Å². The molecule has 0 aliphatic carbocycles. The monoisotopic (exact) mass is 197 g/mol. The molecular weight excluding hydrogens is 188 g/mol. The van der Waals surface area contributed by atoms with Crippen molar-refractivity contribution in [1.82, 2.24) is 10.7 Å². The van der Waals surface area contributed by atoms with E-state index in [1.165, 1.54) is 0 Å². The lowest BCUT2D eigenvalue weighted by atomic mass is 10.1. The first-order chi connectivity index (χ1) is 7.27. The molecule has 1 aromatic carbocycles.